The molecule has 0 bridgehead atoms. The highest BCUT2D eigenvalue weighted by Crippen LogP contribution is 2.32. The van der Waals surface area contributed by atoms with Crippen LogP contribution in [0.25, 0.3) is 0 Å². The molecule has 2 atom stereocenters. The third-order valence-electron chi connectivity index (χ3n) is 3.19. The summed E-state index contributed by atoms with van der Waals surface area (Å²) in [5.74, 6) is -2.77. The van der Waals surface area contributed by atoms with Crippen molar-refractivity contribution in [3.8, 4) is 0 Å². The Labute approximate surface area is 114 Å². The van der Waals surface area contributed by atoms with E-state index in [1.807, 2.05) is 0 Å². The van der Waals surface area contributed by atoms with Crippen LogP contribution in [0.1, 0.15) is 23.1 Å². The number of aliphatic hydroxyl groups is 1. The molecular weight excluding hydrogens is 267 g/mol. The van der Waals surface area contributed by atoms with Crippen molar-refractivity contribution in [1.82, 2.24) is 0 Å². The minimum absolute atomic E-state index is 0.0553. The second-order valence-corrected chi connectivity index (χ2v) is 4.51. The second-order valence-electron chi connectivity index (χ2n) is 4.51. The van der Waals surface area contributed by atoms with E-state index in [1.165, 1.54) is 24.3 Å². The van der Waals surface area contributed by atoms with Crippen LogP contribution in [-0.2, 0) is 0 Å². The quantitative estimate of drug-likeness (QED) is 0.905. The molecule has 20 heavy (non-hydrogen) atoms. The van der Waals surface area contributed by atoms with Gasteiger partial charge in [0.05, 0.1) is 6.10 Å². The summed E-state index contributed by atoms with van der Waals surface area (Å²) in [6.45, 7) is -0.0553. The second kappa shape index (κ2) is 6.07. The van der Waals surface area contributed by atoms with Gasteiger partial charge in [0.1, 0.15) is 17.5 Å². The number of hydrogen-bond donors (Lipinski definition) is 2. The SMILES string of the molecule is NCC(c1ccc(F)cc1F)C(O)c1cccc(F)c1. The summed E-state index contributed by atoms with van der Waals surface area (Å²) in [7, 11) is 0. The first-order valence-electron chi connectivity index (χ1n) is 6.11. The maximum absolute atomic E-state index is 13.8. The minimum Gasteiger partial charge on any atom is -0.388 e. The van der Waals surface area contributed by atoms with E-state index >= 15 is 0 Å². The summed E-state index contributed by atoms with van der Waals surface area (Å²) < 4.78 is 39.8. The molecular formula is C15H14F3NO. The van der Waals surface area contributed by atoms with Crippen molar-refractivity contribution in [1.29, 1.82) is 0 Å². The maximum Gasteiger partial charge on any atom is 0.129 e. The number of nitrogens with two attached hydrogens (primary N) is 1. The zero-order valence-electron chi connectivity index (χ0n) is 10.6. The monoisotopic (exact) mass is 281 g/mol. The molecule has 2 unspecified atom stereocenters. The molecule has 5 heteroatoms. The average molecular weight is 281 g/mol. The summed E-state index contributed by atoms with van der Waals surface area (Å²) in [6.07, 6.45) is -1.17. The minimum atomic E-state index is -1.17. The topological polar surface area (TPSA) is 46.2 Å². The summed E-state index contributed by atoms with van der Waals surface area (Å²) in [6, 6.07) is 8.45. The van der Waals surface area contributed by atoms with Crippen LogP contribution in [0.5, 0.6) is 0 Å². The van der Waals surface area contributed by atoms with Crippen molar-refractivity contribution < 1.29 is 18.3 Å². The fourth-order valence-electron chi connectivity index (χ4n) is 2.15. The van der Waals surface area contributed by atoms with Crippen LogP contribution in [0.2, 0.25) is 0 Å². The highest BCUT2D eigenvalue weighted by molar-refractivity contribution is 5.29. The zero-order chi connectivity index (χ0) is 14.7. The van der Waals surface area contributed by atoms with E-state index in [0.717, 1.165) is 18.2 Å². The normalized spacial score (nSPS) is 14.1. The van der Waals surface area contributed by atoms with Gasteiger partial charge in [0.15, 0.2) is 0 Å². The summed E-state index contributed by atoms with van der Waals surface area (Å²) in [5, 5.41) is 10.2. The predicted octanol–water partition coefficient (Wildman–Crippen LogP) is 2.88. The van der Waals surface area contributed by atoms with Crippen molar-refractivity contribution >= 4 is 0 Å². The van der Waals surface area contributed by atoms with Gasteiger partial charge in [0.2, 0.25) is 0 Å². The number of rotatable bonds is 4. The highest BCUT2D eigenvalue weighted by atomic mass is 19.1. The van der Waals surface area contributed by atoms with Crippen LogP contribution in [0.4, 0.5) is 13.2 Å². The first-order chi connectivity index (χ1) is 9.52. The molecule has 0 fully saturated rings. The molecule has 0 amide bonds. The Morgan fingerprint density at radius 1 is 1.00 bits per heavy atom. The lowest BCUT2D eigenvalue weighted by atomic mass is 9.89. The summed E-state index contributed by atoms with van der Waals surface area (Å²) in [4.78, 5) is 0. The lowest BCUT2D eigenvalue weighted by Gasteiger charge is -2.22. The molecule has 0 radical (unpaired) electrons. The number of halogens is 3. The molecule has 0 aliphatic carbocycles. The average Bonchev–Trinajstić information content (AvgIpc) is 2.41. The Hall–Kier alpha value is -1.85. The van der Waals surface area contributed by atoms with Crippen LogP contribution in [0, 0.1) is 17.5 Å². The molecule has 0 spiro atoms. The molecule has 2 aromatic carbocycles. The lowest BCUT2D eigenvalue weighted by Crippen LogP contribution is -2.21. The fraction of sp³-hybridized carbons (Fsp3) is 0.200. The highest BCUT2D eigenvalue weighted by Gasteiger charge is 2.24. The Morgan fingerprint density at radius 3 is 2.30 bits per heavy atom. The van der Waals surface area contributed by atoms with Gasteiger partial charge in [-0.1, -0.05) is 18.2 Å². The van der Waals surface area contributed by atoms with Crippen LogP contribution in [-0.4, -0.2) is 11.7 Å². The van der Waals surface area contributed by atoms with Crippen LogP contribution >= 0.6 is 0 Å². The predicted molar refractivity (Wildman–Crippen MR) is 69.5 cm³/mol. The Morgan fingerprint density at radius 2 is 1.70 bits per heavy atom. The van der Waals surface area contributed by atoms with Crippen molar-refractivity contribution in [3.05, 3.63) is 71.0 Å². The Balaban J connectivity index is 2.36. The molecule has 3 N–H and O–H groups in total. The van der Waals surface area contributed by atoms with Gasteiger partial charge < -0.3 is 10.8 Å². The van der Waals surface area contributed by atoms with Crippen molar-refractivity contribution in [2.75, 3.05) is 6.54 Å². The third kappa shape index (κ3) is 3.00. The standard InChI is InChI=1S/C15H14F3NO/c16-10-3-1-2-9(6-10)15(20)13(8-19)12-5-4-11(17)7-14(12)18/h1-7,13,15,20H,8,19H2. The van der Waals surface area contributed by atoms with Crippen molar-refractivity contribution in [3.63, 3.8) is 0 Å². The van der Waals surface area contributed by atoms with E-state index in [4.69, 9.17) is 5.73 Å². The van der Waals surface area contributed by atoms with E-state index in [1.54, 1.807) is 0 Å². The molecule has 0 saturated heterocycles. The van der Waals surface area contributed by atoms with E-state index < -0.39 is 29.5 Å². The number of hydrogen-bond acceptors (Lipinski definition) is 2. The van der Waals surface area contributed by atoms with Gasteiger partial charge in [-0.3, -0.25) is 0 Å². The van der Waals surface area contributed by atoms with Gasteiger partial charge in [-0.15, -0.1) is 0 Å². The third-order valence-corrected chi connectivity index (χ3v) is 3.19. The molecule has 0 aliphatic rings. The van der Waals surface area contributed by atoms with Crippen molar-refractivity contribution in [2.45, 2.75) is 12.0 Å². The van der Waals surface area contributed by atoms with Crippen LogP contribution in [0.3, 0.4) is 0 Å². The van der Waals surface area contributed by atoms with Crippen LogP contribution < -0.4 is 5.73 Å². The molecule has 106 valence electrons. The zero-order valence-corrected chi connectivity index (χ0v) is 10.6. The first kappa shape index (κ1) is 14.6. The Kier molecular flexibility index (Phi) is 4.42. The molecule has 0 heterocycles. The van der Waals surface area contributed by atoms with Crippen LogP contribution in [0.15, 0.2) is 42.5 Å². The Bertz CT molecular complexity index is 603. The molecule has 2 aromatic rings. The van der Waals surface area contributed by atoms with E-state index in [9.17, 15) is 18.3 Å². The smallest absolute Gasteiger partial charge is 0.129 e. The molecule has 2 nitrogen and oxygen atoms in total. The van der Waals surface area contributed by atoms with Gasteiger partial charge in [-0.2, -0.15) is 0 Å². The molecule has 0 aliphatic heterocycles. The van der Waals surface area contributed by atoms with Gasteiger partial charge >= 0.3 is 0 Å². The fourth-order valence-corrected chi connectivity index (χ4v) is 2.15. The van der Waals surface area contributed by atoms with E-state index in [2.05, 4.69) is 0 Å². The van der Waals surface area contributed by atoms with Gasteiger partial charge in [-0.25, -0.2) is 13.2 Å². The first-order valence-corrected chi connectivity index (χ1v) is 6.11. The molecule has 0 saturated carbocycles. The lowest BCUT2D eigenvalue weighted by molar-refractivity contribution is 0.145. The van der Waals surface area contributed by atoms with E-state index in [0.29, 0.717) is 5.56 Å². The van der Waals surface area contributed by atoms with Crippen molar-refractivity contribution in [2.24, 2.45) is 5.73 Å². The molecule has 0 aromatic heterocycles. The maximum atomic E-state index is 13.8. The molecule has 2 rings (SSSR count). The van der Waals surface area contributed by atoms with Gasteiger partial charge in [0, 0.05) is 18.5 Å². The number of benzene rings is 2. The largest absolute Gasteiger partial charge is 0.388 e. The summed E-state index contributed by atoms with van der Waals surface area (Å²) in [5.41, 5.74) is 5.97. The van der Waals surface area contributed by atoms with Gasteiger partial charge in [-0.05, 0) is 29.3 Å². The number of aliphatic hydroxyl groups excluding tert-OH is 1. The van der Waals surface area contributed by atoms with E-state index in [-0.39, 0.29) is 12.1 Å². The van der Waals surface area contributed by atoms with Gasteiger partial charge in [0.25, 0.3) is 0 Å². The summed E-state index contributed by atoms with van der Waals surface area (Å²) >= 11 is 0.